The Balaban J connectivity index is 1.57. The third-order valence-electron chi connectivity index (χ3n) is 8.08. The lowest BCUT2D eigenvalue weighted by molar-refractivity contribution is -0.147. The fourth-order valence-corrected chi connectivity index (χ4v) is 7.49. The van der Waals surface area contributed by atoms with Gasteiger partial charge in [0, 0.05) is 25.6 Å². The highest BCUT2D eigenvalue weighted by Crippen LogP contribution is 2.28. The monoisotopic (exact) mass is 548 g/mol. The van der Waals surface area contributed by atoms with Gasteiger partial charge in [0.25, 0.3) is 0 Å². The molecule has 1 aromatic carbocycles. The first-order valence-corrected chi connectivity index (χ1v) is 15.2. The second kappa shape index (κ2) is 13.0. The van der Waals surface area contributed by atoms with Crippen LogP contribution in [0.4, 0.5) is 0 Å². The van der Waals surface area contributed by atoms with Crippen LogP contribution >= 0.6 is 0 Å². The van der Waals surface area contributed by atoms with Gasteiger partial charge in [0.1, 0.15) is 12.1 Å². The van der Waals surface area contributed by atoms with Crippen LogP contribution in [0.5, 0.6) is 0 Å². The molecular formula is C27H40N4O6S. The molecule has 0 radical (unpaired) electrons. The number of nitrogens with one attached hydrogen (secondary N) is 2. The van der Waals surface area contributed by atoms with Gasteiger partial charge in [0.05, 0.1) is 12.0 Å². The van der Waals surface area contributed by atoms with Crippen molar-refractivity contribution in [2.24, 2.45) is 11.8 Å². The summed E-state index contributed by atoms with van der Waals surface area (Å²) < 4.78 is 33.4. The van der Waals surface area contributed by atoms with Crippen molar-refractivity contribution in [1.82, 2.24) is 19.8 Å². The van der Waals surface area contributed by atoms with Crippen molar-refractivity contribution in [3.8, 4) is 0 Å². The summed E-state index contributed by atoms with van der Waals surface area (Å²) in [5.74, 6) is -1.03. The molecule has 38 heavy (non-hydrogen) atoms. The summed E-state index contributed by atoms with van der Waals surface area (Å²) in [7, 11) is -2.72. The van der Waals surface area contributed by atoms with Crippen LogP contribution in [0.15, 0.2) is 35.2 Å². The summed E-state index contributed by atoms with van der Waals surface area (Å²) in [4.78, 5) is 41.4. The Labute approximate surface area is 225 Å². The molecule has 0 aromatic heterocycles. The highest BCUT2D eigenvalue weighted by molar-refractivity contribution is 7.89. The van der Waals surface area contributed by atoms with E-state index in [0.717, 1.165) is 38.8 Å². The molecule has 11 heteroatoms. The maximum atomic E-state index is 13.7. The zero-order valence-corrected chi connectivity index (χ0v) is 23.0. The highest BCUT2D eigenvalue weighted by Gasteiger charge is 2.43. The van der Waals surface area contributed by atoms with Gasteiger partial charge in [0.15, 0.2) is 0 Å². The maximum Gasteiger partial charge on any atom is 0.328 e. The standard InChI is InChI=1S/C27H40N4O6S/c1-37-27(34)23(18-20-8-4-2-5-9-20)29-25(32)24-19-30(26(33)21-12-14-28-15-13-21)16-17-31(24)38(35,36)22-10-6-3-7-11-22/h3,6-7,10-11,20-21,23-24,28H,2,4-5,8-9,12-19H2,1H3,(H,29,32)/t23-,24+/m0/s1. The maximum absolute atomic E-state index is 13.7. The van der Waals surface area contributed by atoms with Crippen LogP contribution in [-0.2, 0) is 29.1 Å². The Bertz CT molecular complexity index is 1070. The Morgan fingerprint density at radius 2 is 1.71 bits per heavy atom. The number of piperazine rings is 1. The van der Waals surface area contributed by atoms with E-state index < -0.39 is 34.0 Å². The van der Waals surface area contributed by atoms with Crippen molar-refractivity contribution in [2.75, 3.05) is 39.8 Å². The molecule has 3 aliphatic rings. The Hall–Kier alpha value is -2.50. The number of rotatable bonds is 8. The SMILES string of the molecule is COC(=O)[C@H](CC1CCCCC1)NC(=O)[C@H]1CN(C(=O)C2CCNCC2)CCN1S(=O)(=O)c1ccccc1. The molecule has 0 spiro atoms. The minimum absolute atomic E-state index is 0.00244. The molecule has 1 aromatic rings. The van der Waals surface area contributed by atoms with Gasteiger partial charge in [-0.05, 0) is 50.4 Å². The topological polar surface area (TPSA) is 125 Å². The minimum atomic E-state index is -4.01. The third-order valence-corrected chi connectivity index (χ3v) is 10.0. The molecule has 3 fully saturated rings. The van der Waals surface area contributed by atoms with Gasteiger partial charge < -0.3 is 20.3 Å². The van der Waals surface area contributed by atoms with Crippen LogP contribution in [0.3, 0.4) is 0 Å². The third kappa shape index (κ3) is 6.73. The van der Waals surface area contributed by atoms with E-state index in [2.05, 4.69) is 10.6 Å². The summed E-state index contributed by atoms with van der Waals surface area (Å²) in [6.45, 7) is 1.66. The molecule has 210 valence electrons. The number of hydrogen-bond donors (Lipinski definition) is 2. The summed E-state index contributed by atoms with van der Waals surface area (Å²) in [6, 6.07) is 5.97. The second-order valence-electron chi connectivity index (χ2n) is 10.6. The first-order valence-electron chi connectivity index (χ1n) is 13.8. The van der Waals surface area contributed by atoms with Crippen molar-refractivity contribution < 1.29 is 27.5 Å². The van der Waals surface area contributed by atoms with Crippen LogP contribution in [0.2, 0.25) is 0 Å². The van der Waals surface area contributed by atoms with Gasteiger partial charge in [-0.25, -0.2) is 13.2 Å². The van der Waals surface area contributed by atoms with Crippen molar-refractivity contribution in [1.29, 1.82) is 0 Å². The number of amides is 2. The van der Waals surface area contributed by atoms with E-state index in [4.69, 9.17) is 4.74 Å². The number of methoxy groups -OCH3 is 1. The number of ether oxygens (including phenoxy) is 1. The van der Waals surface area contributed by atoms with Crippen LogP contribution in [-0.4, -0.2) is 87.3 Å². The summed E-state index contributed by atoms with van der Waals surface area (Å²) >= 11 is 0. The normalized spacial score (nSPS) is 23.0. The lowest BCUT2D eigenvalue weighted by atomic mass is 9.84. The molecular weight excluding hydrogens is 508 g/mol. The van der Waals surface area contributed by atoms with E-state index in [-0.39, 0.29) is 36.4 Å². The van der Waals surface area contributed by atoms with E-state index in [0.29, 0.717) is 25.2 Å². The van der Waals surface area contributed by atoms with E-state index >= 15 is 0 Å². The average molecular weight is 549 g/mol. The first kappa shape index (κ1) is 28.5. The van der Waals surface area contributed by atoms with Crippen molar-refractivity contribution in [2.45, 2.75) is 68.3 Å². The number of piperidine rings is 1. The fraction of sp³-hybridized carbons (Fsp3) is 0.667. The molecule has 4 rings (SSSR count). The lowest BCUT2D eigenvalue weighted by Crippen LogP contribution is -2.63. The quantitative estimate of drug-likeness (QED) is 0.472. The largest absolute Gasteiger partial charge is 0.467 e. The predicted molar refractivity (Wildman–Crippen MR) is 141 cm³/mol. The molecule has 2 saturated heterocycles. The molecule has 2 aliphatic heterocycles. The summed E-state index contributed by atoms with van der Waals surface area (Å²) in [6.07, 6.45) is 7.20. The number of carbonyl (C=O) groups is 3. The average Bonchev–Trinajstić information content (AvgIpc) is 2.97. The minimum Gasteiger partial charge on any atom is -0.467 e. The van der Waals surface area contributed by atoms with Gasteiger partial charge in [-0.3, -0.25) is 9.59 Å². The smallest absolute Gasteiger partial charge is 0.328 e. The van der Waals surface area contributed by atoms with Gasteiger partial charge in [-0.2, -0.15) is 4.31 Å². The molecule has 10 nitrogen and oxygen atoms in total. The van der Waals surface area contributed by atoms with Crippen molar-refractivity contribution in [3.05, 3.63) is 30.3 Å². The number of nitrogens with zero attached hydrogens (tertiary/aromatic N) is 2. The Morgan fingerprint density at radius 3 is 2.37 bits per heavy atom. The molecule has 1 aliphatic carbocycles. The lowest BCUT2D eigenvalue weighted by Gasteiger charge is -2.41. The Kier molecular flexibility index (Phi) is 9.78. The van der Waals surface area contributed by atoms with Crippen LogP contribution in [0.1, 0.15) is 51.4 Å². The zero-order valence-electron chi connectivity index (χ0n) is 22.1. The van der Waals surface area contributed by atoms with E-state index in [1.54, 1.807) is 23.1 Å². The van der Waals surface area contributed by atoms with Gasteiger partial charge in [-0.1, -0.05) is 50.3 Å². The number of carbonyl (C=O) groups excluding carboxylic acids is 3. The van der Waals surface area contributed by atoms with Crippen LogP contribution < -0.4 is 10.6 Å². The second-order valence-corrected chi connectivity index (χ2v) is 12.5. The number of sulfonamides is 1. The molecule has 2 heterocycles. The molecule has 2 atom stereocenters. The molecule has 0 bridgehead atoms. The van der Waals surface area contributed by atoms with E-state index in [1.807, 2.05) is 0 Å². The van der Waals surface area contributed by atoms with Crippen LogP contribution in [0.25, 0.3) is 0 Å². The van der Waals surface area contributed by atoms with Gasteiger partial charge in [-0.15, -0.1) is 0 Å². The molecule has 1 saturated carbocycles. The van der Waals surface area contributed by atoms with Crippen molar-refractivity contribution >= 4 is 27.8 Å². The zero-order chi connectivity index (χ0) is 27.1. The first-order chi connectivity index (χ1) is 18.3. The Morgan fingerprint density at radius 1 is 1.03 bits per heavy atom. The number of esters is 1. The molecule has 2 amide bonds. The predicted octanol–water partition coefficient (Wildman–Crippen LogP) is 1.52. The summed E-state index contributed by atoms with van der Waals surface area (Å²) in [5.41, 5.74) is 0. The van der Waals surface area contributed by atoms with Gasteiger partial charge >= 0.3 is 5.97 Å². The number of hydrogen-bond acceptors (Lipinski definition) is 7. The van der Waals surface area contributed by atoms with E-state index in [9.17, 15) is 22.8 Å². The summed E-state index contributed by atoms with van der Waals surface area (Å²) in [5, 5.41) is 6.06. The van der Waals surface area contributed by atoms with E-state index in [1.165, 1.54) is 30.0 Å². The highest BCUT2D eigenvalue weighted by atomic mass is 32.2. The fourth-order valence-electron chi connectivity index (χ4n) is 5.90. The number of benzene rings is 1. The van der Waals surface area contributed by atoms with Crippen molar-refractivity contribution in [3.63, 3.8) is 0 Å². The molecule has 2 N–H and O–H groups in total. The molecule has 0 unspecified atom stereocenters. The van der Waals surface area contributed by atoms with Gasteiger partial charge in [0.2, 0.25) is 21.8 Å². The van der Waals surface area contributed by atoms with Crippen LogP contribution in [0, 0.1) is 11.8 Å².